The van der Waals surface area contributed by atoms with E-state index in [1.807, 2.05) is 49.4 Å². The first kappa shape index (κ1) is 15.2. The number of aryl methyl sites for hydroxylation is 1. The number of carbonyl (C=O) groups excluding carboxylic acids is 1. The Morgan fingerprint density at radius 2 is 2.00 bits per heavy atom. The van der Waals surface area contributed by atoms with Crippen LogP contribution in [0.15, 0.2) is 60.8 Å². The third-order valence-corrected chi connectivity index (χ3v) is 4.01. The van der Waals surface area contributed by atoms with Gasteiger partial charge in [0.1, 0.15) is 12.4 Å². The average molecular weight is 324 g/mol. The zero-order chi connectivity index (χ0) is 16.1. The van der Waals surface area contributed by atoms with Crippen molar-refractivity contribution in [3.05, 3.63) is 76.8 Å². The molecule has 0 fully saturated rings. The summed E-state index contributed by atoms with van der Waals surface area (Å²) in [6.07, 6.45) is 1.74. The molecule has 3 rings (SSSR count). The van der Waals surface area contributed by atoms with Crippen molar-refractivity contribution in [3.8, 4) is 5.75 Å². The lowest BCUT2D eigenvalue weighted by atomic mass is 10.2. The van der Waals surface area contributed by atoms with Gasteiger partial charge in [-0.15, -0.1) is 11.3 Å². The van der Waals surface area contributed by atoms with E-state index >= 15 is 0 Å². The van der Waals surface area contributed by atoms with Gasteiger partial charge in [0.2, 0.25) is 0 Å². The van der Waals surface area contributed by atoms with E-state index in [0.717, 1.165) is 10.4 Å². The van der Waals surface area contributed by atoms with Gasteiger partial charge in [0.15, 0.2) is 5.13 Å². The molecule has 2 aromatic carbocycles. The second-order valence-electron chi connectivity index (χ2n) is 5.03. The number of hydrogen-bond donors (Lipinski definition) is 1. The fraction of sp³-hybridized carbons (Fsp3) is 0.111. The number of benzene rings is 2. The van der Waals surface area contributed by atoms with Gasteiger partial charge in [-0.1, -0.05) is 36.4 Å². The standard InChI is InChI=1S/C18H16N2O2S/c1-13-11-19-18(23-13)20-17(21)15-8-5-9-16(10-15)22-12-14-6-3-2-4-7-14/h2-11H,12H2,1H3,(H,19,20,21). The maximum Gasteiger partial charge on any atom is 0.257 e. The molecule has 116 valence electrons. The fourth-order valence-electron chi connectivity index (χ4n) is 2.05. The van der Waals surface area contributed by atoms with E-state index in [1.165, 1.54) is 11.3 Å². The van der Waals surface area contributed by atoms with Crippen molar-refractivity contribution in [2.75, 3.05) is 5.32 Å². The largest absolute Gasteiger partial charge is 0.489 e. The Morgan fingerprint density at radius 3 is 2.74 bits per heavy atom. The Bertz CT molecular complexity index is 800. The van der Waals surface area contributed by atoms with Crippen molar-refractivity contribution in [2.45, 2.75) is 13.5 Å². The molecule has 0 aliphatic rings. The molecule has 1 N–H and O–H groups in total. The number of ether oxygens (including phenoxy) is 1. The van der Waals surface area contributed by atoms with Crippen molar-refractivity contribution < 1.29 is 9.53 Å². The molecule has 0 atom stereocenters. The lowest BCUT2D eigenvalue weighted by Gasteiger charge is -2.08. The summed E-state index contributed by atoms with van der Waals surface area (Å²) in [5, 5.41) is 3.39. The summed E-state index contributed by atoms with van der Waals surface area (Å²) in [6.45, 7) is 2.42. The van der Waals surface area contributed by atoms with E-state index < -0.39 is 0 Å². The normalized spacial score (nSPS) is 10.3. The molecule has 0 aliphatic carbocycles. The second kappa shape index (κ2) is 7.07. The summed E-state index contributed by atoms with van der Waals surface area (Å²) in [6, 6.07) is 17.0. The zero-order valence-electron chi connectivity index (χ0n) is 12.7. The molecule has 0 aliphatic heterocycles. The van der Waals surface area contributed by atoms with Gasteiger partial charge in [-0.05, 0) is 30.7 Å². The molecule has 0 saturated carbocycles. The first-order chi connectivity index (χ1) is 11.2. The minimum absolute atomic E-state index is 0.190. The molecule has 5 heteroatoms. The van der Waals surface area contributed by atoms with Crippen LogP contribution in [0.1, 0.15) is 20.8 Å². The minimum atomic E-state index is -0.190. The first-order valence-corrected chi connectivity index (χ1v) is 8.03. The summed E-state index contributed by atoms with van der Waals surface area (Å²) < 4.78 is 5.74. The summed E-state index contributed by atoms with van der Waals surface area (Å²) in [5.74, 6) is 0.473. The minimum Gasteiger partial charge on any atom is -0.489 e. The molecule has 23 heavy (non-hydrogen) atoms. The smallest absolute Gasteiger partial charge is 0.257 e. The van der Waals surface area contributed by atoms with Crippen molar-refractivity contribution in [1.82, 2.24) is 4.98 Å². The van der Waals surface area contributed by atoms with Crippen molar-refractivity contribution in [3.63, 3.8) is 0 Å². The van der Waals surface area contributed by atoms with Crippen molar-refractivity contribution in [2.24, 2.45) is 0 Å². The molecule has 0 spiro atoms. The van der Waals surface area contributed by atoms with E-state index in [0.29, 0.717) is 23.1 Å². The van der Waals surface area contributed by atoms with Gasteiger partial charge in [-0.25, -0.2) is 4.98 Å². The Morgan fingerprint density at radius 1 is 1.17 bits per heavy atom. The van der Waals surface area contributed by atoms with E-state index in [9.17, 15) is 4.79 Å². The molecular weight excluding hydrogens is 308 g/mol. The van der Waals surface area contributed by atoms with Crippen LogP contribution in [0.25, 0.3) is 0 Å². The van der Waals surface area contributed by atoms with Crippen LogP contribution in [0, 0.1) is 6.92 Å². The Balaban J connectivity index is 1.65. The highest BCUT2D eigenvalue weighted by Crippen LogP contribution is 2.19. The molecular formula is C18H16N2O2S. The van der Waals surface area contributed by atoms with Crippen LogP contribution in [0.3, 0.4) is 0 Å². The zero-order valence-corrected chi connectivity index (χ0v) is 13.5. The summed E-state index contributed by atoms with van der Waals surface area (Å²) in [4.78, 5) is 17.4. The monoisotopic (exact) mass is 324 g/mol. The van der Waals surface area contributed by atoms with Gasteiger partial charge in [0, 0.05) is 16.6 Å². The van der Waals surface area contributed by atoms with Gasteiger partial charge in [-0.2, -0.15) is 0 Å². The van der Waals surface area contributed by atoms with Crippen LogP contribution in [-0.2, 0) is 6.61 Å². The van der Waals surface area contributed by atoms with Crippen molar-refractivity contribution >= 4 is 22.4 Å². The SMILES string of the molecule is Cc1cnc(NC(=O)c2cccc(OCc3ccccc3)c2)s1. The highest BCUT2D eigenvalue weighted by Gasteiger charge is 2.09. The van der Waals surface area contributed by atoms with E-state index in [1.54, 1.807) is 18.3 Å². The quantitative estimate of drug-likeness (QED) is 0.762. The number of anilines is 1. The fourth-order valence-corrected chi connectivity index (χ4v) is 2.71. The maximum atomic E-state index is 12.2. The van der Waals surface area contributed by atoms with E-state index in [2.05, 4.69) is 10.3 Å². The molecule has 0 saturated heterocycles. The molecule has 0 bridgehead atoms. The molecule has 4 nitrogen and oxygen atoms in total. The van der Waals surface area contributed by atoms with Crippen LogP contribution >= 0.6 is 11.3 Å². The number of hydrogen-bond acceptors (Lipinski definition) is 4. The Labute approximate surface area is 138 Å². The molecule has 0 unspecified atom stereocenters. The highest BCUT2D eigenvalue weighted by atomic mass is 32.1. The highest BCUT2D eigenvalue weighted by molar-refractivity contribution is 7.15. The van der Waals surface area contributed by atoms with Crippen molar-refractivity contribution in [1.29, 1.82) is 0 Å². The number of nitrogens with zero attached hydrogens (tertiary/aromatic N) is 1. The van der Waals surface area contributed by atoms with Gasteiger partial charge in [0.25, 0.3) is 5.91 Å². The van der Waals surface area contributed by atoms with E-state index in [4.69, 9.17) is 4.74 Å². The number of carbonyl (C=O) groups is 1. The number of amides is 1. The Hall–Kier alpha value is -2.66. The first-order valence-electron chi connectivity index (χ1n) is 7.21. The van der Waals surface area contributed by atoms with Gasteiger partial charge in [-0.3, -0.25) is 10.1 Å². The van der Waals surface area contributed by atoms with Gasteiger partial charge in [0.05, 0.1) is 0 Å². The molecule has 3 aromatic rings. The third-order valence-electron chi connectivity index (χ3n) is 3.19. The second-order valence-corrected chi connectivity index (χ2v) is 6.27. The third kappa shape index (κ3) is 4.17. The van der Waals surface area contributed by atoms with Crippen LogP contribution in [0.2, 0.25) is 0 Å². The number of rotatable bonds is 5. The molecule has 1 amide bonds. The maximum absolute atomic E-state index is 12.2. The topological polar surface area (TPSA) is 51.2 Å². The number of thiazole rings is 1. The van der Waals surface area contributed by atoms with Crippen LogP contribution in [-0.4, -0.2) is 10.9 Å². The van der Waals surface area contributed by atoms with Crippen LogP contribution < -0.4 is 10.1 Å². The van der Waals surface area contributed by atoms with Gasteiger partial charge >= 0.3 is 0 Å². The summed E-state index contributed by atoms with van der Waals surface area (Å²) >= 11 is 1.45. The lowest BCUT2D eigenvalue weighted by Crippen LogP contribution is -2.11. The summed E-state index contributed by atoms with van der Waals surface area (Å²) in [5.41, 5.74) is 1.63. The average Bonchev–Trinajstić information content (AvgIpc) is 2.99. The predicted molar refractivity (Wildman–Crippen MR) is 92.0 cm³/mol. The predicted octanol–water partition coefficient (Wildman–Crippen LogP) is 4.28. The van der Waals surface area contributed by atoms with Crippen LogP contribution in [0.5, 0.6) is 5.75 Å². The van der Waals surface area contributed by atoms with E-state index in [-0.39, 0.29) is 5.91 Å². The Kier molecular flexibility index (Phi) is 4.68. The molecule has 0 radical (unpaired) electrons. The number of aromatic nitrogens is 1. The number of nitrogens with one attached hydrogen (secondary N) is 1. The molecule has 1 heterocycles. The van der Waals surface area contributed by atoms with Crippen LogP contribution in [0.4, 0.5) is 5.13 Å². The van der Waals surface area contributed by atoms with Gasteiger partial charge < -0.3 is 4.74 Å². The lowest BCUT2D eigenvalue weighted by molar-refractivity contribution is 0.102. The molecule has 1 aromatic heterocycles. The summed E-state index contributed by atoms with van der Waals surface area (Å²) in [7, 11) is 0.